The largest absolute Gasteiger partial charge is 0.484 e. The number of nitrogens with zero attached hydrogens (tertiary/aromatic N) is 2. The number of anilines is 1. The molecule has 1 aliphatic heterocycles. The van der Waals surface area contributed by atoms with Crippen molar-refractivity contribution in [1.82, 2.24) is 9.21 Å². The topological polar surface area (TPSA) is 96.0 Å². The van der Waals surface area contributed by atoms with Crippen LogP contribution >= 0.6 is 0 Å². The molecule has 1 fully saturated rings. The van der Waals surface area contributed by atoms with Crippen LogP contribution in [0.3, 0.4) is 0 Å². The van der Waals surface area contributed by atoms with Gasteiger partial charge in [-0.1, -0.05) is 17.7 Å². The fraction of sp³-hybridized carbons (Fsp3) is 0.440. The predicted molar refractivity (Wildman–Crippen MR) is 131 cm³/mol. The summed E-state index contributed by atoms with van der Waals surface area (Å²) in [6.45, 7) is 6.15. The summed E-state index contributed by atoms with van der Waals surface area (Å²) >= 11 is 0. The summed E-state index contributed by atoms with van der Waals surface area (Å²) in [7, 11) is -0.286. The number of carbonyl (C=O) groups is 2. The van der Waals surface area contributed by atoms with Crippen molar-refractivity contribution < 1.29 is 22.7 Å². The Morgan fingerprint density at radius 2 is 1.59 bits per heavy atom. The van der Waals surface area contributed by atoms with Gasteiger partial charge in [0, 0.05) is 38.8 Å². The zero-order chi connectivity index (χ0) is 25.0. The van der Waals surface area contributed by atoms with Gasteiger partial charge in [0.2, 0.25) is 15.9 Å². The van der Waals surface area contributed by atoms with Crippen LogP contribution in [-0.2, 0) is 19.6 Å². The quantitative estimate of drug-likeness (QED) is 0.647. The zero-order valence-corrected chi connectivity index (χ0v) is 21.2. The fourth-order valence-corrected chi connectivity index (χ4v) is 6.10. The summed E-state index contributed by atoms with van der Waals surface area (Å²) in [5.41, 5.74) is 3.15. The molecular formula is C25H33N3O5S. The Labute approximate surface area is 201 Å². The molecule has 2 aromatic carbocycles. The number of nitrogens with one attached hydrogen (secondary N) is 1. The number of ether oxygens (including phenoxy) is 1. The number of hydrogen-bond donors (Lipinski definition) is 1. The van der Waals surface area contributed by atoms with Crippen LogP contribution in [0, 0.1) is 26.7 Å². The van der Waals surface area contributed by atoms with Crippen molar-refractivity contribution in [2.75, 3.05) is 39.1 Å². The Balaban J connectivity index is 1.56. The highest BCUT2D eigenvalue weighted by molar-refractivity contribution is 7.89. The maximum atomic E-state index is 13.3. The minimum atomic E-state index is -3.61. The second kappa shape index (κ2) is 10.6. The van der Waals surface area contributed by atoms with Crippen LogP contribution in [0.1, 0.15) is 29.5 Å². The average Bonchev–Trinajstić information content (AvgIpc) is 2.77. The van der Waals surface area contributed by atoms with Gasteiger partial charge in [0.25, 0.3) is 5.91 Å². The molecule has 1 N–H and O–H groups in total. The third-order valence-corrected chi connectivity index (χ3v) is 8.22. The minimum absolute atomic E-state index is 0.0537. The summed E-state index contributed by atoms with van der Waals surface area (Å²) in [4.78, 5) is 26.2. The molecule has 1 heterocycles. The lowest BCUT2D eigenvalue weighted by Crippen LogP contribution is -2.41. The Bertz CT molecular complexity index is 1130. The van der Waals surface area contributed by atoms with E-state index in [-0.39, 0.29) is 24.3 Å². The van der Waals surface area contributed by atoms with Crippen LogP contribution in [0.2, 0.25) is 0 Å². The first-order chi connectivity index (χ1) is 16.0. The predicted octanol–water partition coefficient (Wildman–Crippen LogP) is 3.12. The SMILES string of the molecule is Cc1cc(C)c(S(=O)(=O)N2CCC(C(=O)Nc3ccc(OCC(=O)N(C)C)cc3)CC2)c(C)c1. The molecule has 0 unspecified atom stereocenters. The van der Waals surface area contributed by atoms with Gasteiger partial charge in [0.05, 0.1) is 4.90 Å². The highest BCUT2D eigenvalue weighted by Crippen LogP contribution is 2.29. The highest BCUT2D eigenvalue weighted by atomic mass is 32.2. The van der Waals surface area contributed by atoms with Gasteiger partial charge >= 0.3 is 0 Å². The smallest absolute Gasteiger partial charge is 0.259 e. The van der Waals surface area contributed by atoms with Crippen LogP contribution in [0.4, 0.5) is 5.69 Å². The molecule has 0 aliphatic carbocycles. The molecule has 9 heteroatoms. The van der Waals surface area contributed by atoms with E-state index in [4.69, 9.17) is 4.74 Å². The lowest BCUT2D eigenvalue weighted by atomic mass is 9.97. The zero-order valence-electron chi connectivity index (χ0n) is 20.4. The maximum Gasteiger partial charge on any atom is 0.259 e. The molecule has 0 atom stereocenters. The number of aryl methyl sites for hydroxylation is 3. The highest BCUT2D eigenvalue weighted by Gasteiger charge is 2.33. The van der Waals surface area contributed by atoms with E-state index >= 15 is 0 Å². The molecule has 34 heavy (non-hydrogen) atoms. The van der Waals surface area contributed by atoms with E-state index in [0.717, 1.165) is 16.7 Å². The minimum Gasteiger partial charge on any atom is -0.484 e. The van der Waals surface area contributed by atoms with E-state index in [0.29, 0.717) is 42.3 Å². The van der Waals surface area contributed by atoms with Crippen molar-refractivity contribution >= 4 is 27.5 Å². The standard InChI is InChI=1S/C25H33N3O5S/c1-17-14-18(2)24(19(3)15-17)34(31,32)28-12-10-20(11-13-28)25(30)26-21-6-8-22(9-7-21)33-16-23(29)27(4)5/h6-9,14-15,20H,10-13,16H2,1-5H3,(H,26,30). The molecule has 2 aromatic rings. The van der Waals surface area contributed by atoms with E-state index in [2.05, 4.69) is 5.32 Å². The molecule has 0 aromatic heterocycles. The molecule has 8 nitrogen and oxygen atoms in total. The average molecular weight is 488 g/mol. The monoisotopic (exact) mass is 487 g/mol. The maximum absolute atomic E-state index is 13.3. The molecule has 0 bridgehead atoms. The van der Waals surface area contributed by atoms with Crippen LogP contribution in [0.5, 0.6) is 5.75 Å². The first-order valence-corrected chi connectivity index (χ1v) is 12.7. The molecule has 0 saturated carbocycles. The summed E-state index contributed by atoms with van der Waals surface area (Å²) in [5, 5.41) is 2.89. The first kappa shape index (κ1) is 25.7. The summed E-state index contributed by atoms with van der Waals surface area (Å²) in [5.74, 6) is 0.00309. The van der Waals surface area contributed by atoms with Crippen LogP contribution in [0.15, 0.2) is 41.3 Å². The number of benzene rings is 2. The second-order valence-electron chi connectivity index (χ2n) is 9.00. The van der Waals surface area contributed by atoms with Crippen molar-refractivity contribution in [2.24, 2.45) is 5.92 Å². The van der Waals surface area contributed by atoms with Gasteiger partial charge in [-0.15, -0.1) is 0 Å². The van der Waals surface area contributed by atoms with Gasteiger partial charge in [0.1, 0.15) is 5.75 Å². The third kappa shape index (κ3) is 5.95. The van der Waals surface area contributed by atoms with Gasteiger partial charge in [-0.2, -0.15) is 4.31 Å². The molecular weight excluding hydrogens is 454 g/mol. The van der Waals surface area contributed by atoms with Crippen molar-refractivity contribution in [3.05, 3.63) is 53.1 Å². The molecule has 0 radical (unpaired) electrons. The third-order valence-electron chi connectivity index (χ3n) is 6.01. The molecule has 1 aliphatic rings. The molecule has 0 spiro atoms. The van der Waals surface area contributed by atoms with Gasteiger partial charge in [-0.3, -0.25) is 9.59 Å². The molecule has 3 rings (SSSR count). The van der Waals surface area contributed by atoms with E-state index < -0.39 is 10.0 Å². The van der Waals surface area contributed by atoms with Crippen molar-refractivity contribution in [2.45, 2.75) is 38.5 Å². The van der Waals surface area contributed by atoms with Gasteiger partial charge < -0.3 is 15.0 Å². The van der Waals surface area contributed by atoms with E-state index in [1.54, 1.807) is 38.4 Å². The van der Waals surface area contributed by atoms with Crippen LogP contribution in [-0.4, -0.2) is 63.2 Å². The molecule has 184 valence electrons. The number of sulfonamides is 1. The lowest BCUT2D eigenvalue weighted by Gasteiger charge is -2.31. The Hall–Kier alpha value is -2.91. The van der Waals surface area contributed by atoms with E-state index in [9.17, 15) is 18.0 Å². The first-order valence-electron chi connectivity index (χ1n) is 11.3. The number of carbonyl (C=O) groups excluding carboxylic acids is 2. The Morgan fingerprint density at radius 3 is 2.12 bits per heavy atom. The Kier molecular flexibility index (Phi) is 7.99. The Morgan fingerprint density at radius 1 is 1.03 bits per heavy atom. The van der Waals surface area contributed by atoms with Gasteiger partial charge in [-0.05, 0) is 69.0 Å². The molecule has 1 saturated heterocycles. The number of likely N-dealkylation sites (N-methyl/N-ethyl adjacent to an activating group) is 1. The summed E-state index contributed by atoms with van der Waals surface area (Å²) in [6, 6.07) is 10.6. The normalized spacial score (nSPS) is 15.1. The number of hydrogen-bond acceptors (Lipinski definition) is 5. The fourth-order valence-electron chi connectivity index (χ4n) is 4.21. The van der Waals surface area contributed by atoms with E-state index in [1.165, 1.54) is 9.21 Å². The summed E-state index contributed by atoms with van der Waals surface area (Å²) in [6.07, 6.45) is 0.922. The van der Waals surface area contributed by atoms with Gasteiger partial charge in [-0.25, -0.2) is 8.42 Å². The van der Waals surface area contributed by atoms with Crippen molar-refractivity contribution in [3.8, 4) is 5.75 Å². The summed E-state index contributed by atoms with van der Waals surface area (Å²) < 4.78 is 33.5. The molecule has 2 amide bonds. The van der Waals surface area contributed by atoms with E-state index in [1.807, 2.05) is 32.9 Å². The number of piperidine rings is 1. The van der Waals surface area contributed by atoms with Crippen LogP contribution in [0.25, 0.3) is 0 Å². The van der Waals surface area contributed by atoms with Crippen molar-refractivity contribution in [1.29, 1.82) is 0 Å². The number of amides is 2. The van der Waals surface area contributed by atoms with Crippen LogP contribution < -0.4 is 10.1 Å². The second-order valence-corrected chi connectivity index (χ2v) is 10.9. The van der Waals surface area contributed by atoms with Crippen molar-refractivity contribution in [3.63, 3.8) is 0 Å². The van der Waals surface area contributed by atoms with Gasteiger partial charge in [0.15, 0.2) is 6.61 Å². The lowest BCUT2D eigenvalue weighted by molar-refractivity contribution is -0.130. The number of rotatable bonds is 7.